The van der Waals surface area contributed by atoms with Crippen LogP contribution in [0, 0.1) is 11.8 Å². The summed E-state index contributed by atoms with van der Waals surface area (Å²) in [5.74, 6) is 1.49. The van der Waals surface area contributed by atoms with Gasteiger partial charge in [0.05, 0.1) is 25.9 Å². The topological polar surface area (TPSA) is 30.5 Å². The van der Waals surface area contributed by atoms with Gasteiger partial charge in [-0.05, 0) is 24.7 Å². The van der Waals surface area contributed by atoms with Crippen LogP contribution in [0.1, 0.15) is 40.5 Å². The fraction of sp³-hybridized carbons (Fsp3) is 1.00. The molecule has 3 nitrogen and oxygen atoms in total. The molecule has 0 aromatic heterocycles. The summed E-state index contributed by atoms with van der Waals surface area (Å²) in [7, 11) is 0. The molecule has 0 aromatic rings. The van der Waals surface area contributed by atoms with E-state index in [1.165, 1.54) is 12.8 Å². The minimum atomic E-state index is 0.241. The van der Waals surface area contributed by atoms with Crippen LogP contribution in [0.5, 0.6) is 0 Å². The first-order valence-electron chi connectivity index (χ1n) is 7.00. The predicted octanol–water partition coefficient (Wildman–Crippen LogP) is 2.45. The molecule has 0 aliphatic carbocycles. The van der Waals surface area contributed by atoms with Gasteiger partial charge in [0, 0.05) is 12.6 Å². The molecule has 1 unspecified atom stereocenters. The maximum absolute atomic E-state index is 5.65. The summed E-state index contributed by atoms with van der Waals surface area (Å²) in [6.45, 7) is 12.3. The van der Waals surface area contributed by atoms with Crippen molar-refractivity contribution in [1.82, 2.24) is 5.32 Å². The van der Waals surface area contributed by atoms with E-state index in [9.17, 15) is 0 Å². The molecule has 0 aromatic carbocycles. The Balaban J connectivity index is 2.26. The first-order valence-corrected chi connectivity index (χ1v) is 7.00. The van der Waals surface area contributed by atoms with Gasteiger partial charge in [0.2, 0.25) is 0 Å². The second-order valence-corrected chi connectivity index (χ2v) is 5.93. The maximum atomic E-state index is 5.65. The Morgan fingerprint density at radius 2 is 1.71 bits per heavy atom. The standard InChI is InChI=1S/C14H29NO2/c1-11(2)7-13(8-12(3)4)15-9-14-10-16-5-6-17-14/h11-15H,5-10H2,1-4H3. The Morgan fingerprint density at radius 1 is 1.06 bits per heavy atom. The summed E-state index contributed by atoms with van der Waals surface area (Å²) >= 11 is 0. The van der Waals surface area contributed by atoms with Crippen LogP contribution >= 0.6 is 0 Å². The van der Waals surface area contributed by atoms with Gasteiger partial charge in [0.25, 0.3) is 0 Å². The van der Waals surface area contributed by atoms with E-state index in [0.717, 1.165) is 38.2 Å². The Hall–Kier alpha value is -0.120. The molecular weight excluding hydrogens is 214 g/mol. The Bertz CT molecular complexity index is 179. The monoisotopic (exact) mass is 243 g/mol. The zero-order valence-electron chi connectivity index (χ0n) is 11.9. The summed E-state index contributed by atoms with van der Waals surface area (Å²) in [5, 5.41) is 3.65. The van der Waals surface area contributed by atoms with E-state index >= 15 is 0 Å². The molecule has 1 rings (SSSR count). The number of nitrogens with one attached hydrogen (secondary N) is 1. The average Bonchev–Trinajstić information content (AvgIpc) is 2.26. The van der Waals surface area contributed by atoms with Gasteiger partial charge in [-0.15, -0.1) is 0 Å². The van der Waals surface area contributed by atoms with Crippen LogP contribution in [-0.4, -0.2) is 38.5 Å². The molecule has 1 fully saturated rings. The molecule has 17 heavy (non-hydrogen) atoms. The van der Waals surface area contributed by atoms with Crippen LogP contribution in [0.25, 0.3) is 0 Å². The number of hydrogen-bond donors (Lipinski definition) is 1. The van der Waals surface area contributed by atoms with Crippen LogP contribution in [0.15, 0.2) is 0 Å². The fourth-order valence-corrected chi connectivity index (χ4v) is 2.35. The van der Waals surface area contributed by atoms with Gasteiger partial charge in [-0.2, -0.15) is 0 Å². The van der Waals surface area contributed by atoms with Crippen LogP contribution in [0.3, 0.4) is 0 Å². The molecule has 0 bridgehead atoms. The van der Waals surface area contributed by atoms with Crippen molar-refractivity contribution in [3.05, 3.63) is 0 Å². The third kappa shape index (κ3) is 7.02. The van der Waals surface area contributed by atoms with Gasteiger partial charge in [-0.25, -0.2) is 0 Å². The van der Waals surface area contributed by atoms with Crippen molar-refractivity contribution < 1.29 is 9.47 Å². The summed E-state index contributed by atoms with van der Waals surface area (Å²) < 4.78 is 11.1. The summed E-state index contributed by atoms with van der Waals surface area (Å²) in [6.07, 6.45) is 2.72. The molecule has 1 heterocycles. The highest BCUT2D eigenvalue weighted by atomic mass is 16.6. The third-order valence-corrected chi connectivity index (χ3v) is 3.03. The molecule has 0 radical (unpaired) electrons. The second kappa shape index (κ2) is 8.06. The summed E-state index contributed by atoms with van der Waals surface area (Å²) in [6, 6.07) is 0.612. The summed E-state index contributed by atoms with van der Waals surface area (Å²) in [5.41, 5.74) is 0. The third-order valence-electron chi connectivity index (χ3n) is 3.03. The Kier molecular flexibility index (Phi) is 7.09. The van der Waals surface area contributed by atoms with E-state index in [-0.39, 0.29) is 6.10 Å². The fourth-order valence-electron chi connectivity index (χ4n) is 2.35. The molecule has 1 saturated heterocycles. The van der Waals surface area contributed by atoms with Crippen molar-refractivity contribution in [2.75, 3.05) is 26.4 Å². The smallest absolute Gasteiger partial charge is 0.0933 e. The minimum absolute atomic E-state index is 0.241. The normalized spacial score (nSPS) is 21.7. The molecule has 3 heteroatoms. The first-order chi connectivity index (χ1) is 8.08. The van der Waals surface area contributed by atoms with Crippen molar-refractivity contribution in [2.45, 2.75) is 52.7 Å². The summed E-state index contributed by atoms with van der Waals surface area (Å²) in [4.78, 5) is 0. The van der Waals surface area contributed by atoms with E-state index in [1.807, 2.05) is 0 Å². The molecule has 1 N–H and O–H groups in total. The quantitative estimate of drug-likeness (QED) is 0.745. The van der Waals surface area contributed by atoms with Crippen LogP contribution in [0.4, 0.5) is 0 Å². The second-order valence-electron chi connectivity index (χ2n) is 5.93. The highest BCUT2D eigenvalue weighted by Gasteiger charge is 2.17. The van der Waals surface area contributed by atoms with Gasteiger partial charge < -0.3 is 14.8 Å². The number of hydrogen-bond acceptors (Lipinski definition) is 3. The lowest BCUT2D eigenvalue weighted by Gasteiger charge is -2.27. The molecular formula is C14H29NO2. The zero-order valence-corrected chi connectivity index (χ0v) is 11.9. The lowest BCUT2D eigenvalue weighted by molar-refractivity contribution is -0.0873. The lowest BCUT2D eigenvalue weighted by atomic mass is 9.95. The van der Waals surface area contributed by atoms with Gasteiger partial charge in [0.15, 0.2) is 0 Å². The molecule has 102 valence electrons. The van der Waals surface area contributed by atoms with Crippen molar-refractivity contribution in [3.8, 4) is 0 Å². The SMILES string of the molecule is CC(C)CC(CC(C)C)NCC1COCCO1. The molecule has 0 saturated carbocycles. The predicted molar refractivity (Wildman–Crippen MR) is 71.3 cm³/mol. The minimum Gasteiger partial charge on any atom is -0.376 e. The molecule has 1 aliphatic heterocycles. The highest BCUT2D eigenvalue weighted by molar-refractivity contribution is 4.73. The van der Waals surface area contributed by atoms with Crippen molar-refractivity contribution in [1.29, 1.82) is 0 Å². The van der Waals surface area contributed by atoms with Gasteiger partial charge in [-0.3, -0.25) is 0 Å². The maximum Gasteiger partial charge on any atom is 0.0933 e. The molecule has 0 spiro atoms. The van der Waals surface area contributed by atoms with Gasteiger partial charge in [-0.1, -0.05) is 27.7 Å². The number of ether oxygens (including phenoxy) is 2. The van der Waals surface area contributed by atoms with Gasteiger partial charge in [0.1, 0.15) is 0 Å². The lowest BCUT2D eigenvalue weighted by Crippen LogP contribution is -2.42. The zero-order chi connectivity index (χ0) is 12.7. The molecule has 1 aliphatic rings. The van der Waals surface area contributed by atoms with Crippen LogP contribution in [0.2, 0.25) is 0 Å². The van der Waals surface area contributed by atoms with Crippen molar-refractivity contribution in [3.63, 3.8) is 0 Å². The van der Waals surface area contributed by atoms with Crippen LogP contribution in [-0.2, 0) is 9.47 Å². The van der Waals surface area contributed by atoms with E-state index in [1.54, 1.807) is 0 Å². The highest BCUT2D eigenvalue weighted by Crippen LogP contribution is 2.13. The Labute approximate surface area is 106 Å². The van der Waals surface area contributed by atoms with E-state index in [2.05, 4.69) is 33.0 Å². The van der Waals surface area contributed by atoms with Gasteiger partial charge >= 0.3 is 0 Å². The van der Waals surface area contributed by atoms with E-state index < -0.39 is 0 Å². The molecule has 0 amide bonds. The Morgan fingerprint density at radius 3 is 2.18 bits per heavy atom. The van der Waals surface area contributed by atoms with Crippen LogP contribution < -0.4 is 5.32 Å². The largest absolute Gasteiger partial charge is 0.376 e. The van der Waals surface area contributed by atoms with E-state index in [0.29, 0.717) is 6.04 Å². The number of rotatable bonds is 7. The van der Waals surface area contributed by atoms with E-state index in [4.69, 9.17) is 9.47 Å². The molecule has 1 atom stereocenters. The average molecular weight is 243 g/mol. The van der Waals surface area contributed by atoms with Crippen molar-refractivity contribution >= 4 is 0 Å². The van der Waals surface area contributed by atoms with Crippen molar-refractivity contribution in [2.24, 2.45) is 11.8 Å². The first kappa shape index (κ1) is 14.9.